The van der Waals surface area contributed by atoms with E-state index < -0.39 is 20.9 Å². The van der Waals surface area contributed by atoms with Crippen molar-refractivity contribution in [3.8, 4) is 0 Å². The zero-order valence-electron chi connectivity index (χ0n) is 9.97. The molecule has 0 aliphatic heterocycles. The van der Waals surface area contributed by atoms with Gasteiger partial charge in [0.25, 0.3) is 10.0 Å². The summed E-state index contributed by atoms with van der Waals surface area (Å²) < 4.78 is 43.7. The van der Waals surface area contributed by atoms with Gasteiger partial charge in [-0.1, -0.05) is 0 Å². The van der Waals surface area contributed by atoms with Crippen molar-refractivity contribution >= 4 is 10.0 Å². The fourth-order valence-electron chi connectivity index (χ4n) is 1.31. The molecule has 1 unspecified atom stereocenters. The number of hydrogen-bond donors (Lipinski definition) is 2. The molecule has 3 N–H and O–H groups in total. The molecule has 18 heavy (non-hydrogen) atoms. The maximum absolute atomic E-state index is 13.3. The molecule has 0 amide bonds. The second kappa shape index (κ2) is 6.74. The topological polar surface area (TPSA) is 94.3 Å². The van der Waals surface area contributed by atoms with E-state index >= 15 is 0 Å². The predicted molar refractivity (Wildman–Crippen MR) is 63.9 cm³/mol. The van der Waals surface area contributed by atoms with Crippen LogP contribution in [-0.4, -0.2) is 39.7 Å². The molecule has 8 heteroatoms. The molecule has 0 radical (unpaired) electrons. The highest BCUT2D eigenvalue weighted by atomic mass is 32.2. The molecule has 1 atom stereocenters. The van der Waals surface area contributed by atoms with Crippen LogP contribution in [0.15, 0.2) is 23.4 Å². The fraction of sp³-hybridized carbons (Fsp3) is 0.500. The molecule has 1 aromatic rings. The maximum Gasteiger partial charge on any atom is 0.261 e. The second-order valence-electron chi connectivity index (χ2n) is 3.69. The normalized spacial score (nSPS) is 13.5. The molecule has 0 fully saturated rings. The first-order valence-corrected chi connectivity index (χ1v) is 6.80. The minimum atomic E-state index is -3.93. The highest BCUT2D eigenvalue weighted by molar-refractivity contribution is 7.89. The number of ether oxygens (including phenoxy) is 1. The van der Waals surface area contributed by atoms with Crippen LogP contribution in [0.4, 0.5) is 4.39 Å². The number of sulfonamides is 1. The monoisotopic (exact) mass is 277 g/mol. The second-order valence-corrected chi connectivity index (χ2v) is 5.37. The summed E-state index contributed by atoms with van der Waals surface area (Å²) in [6, 6.07) is 2.09. The zero-order chi connectivity index (χ0) is 13.6. The Kier molecular flexibility index (Phi) is 5.60. The minimum Gasteiger partial charge on any atom is -0.383 e. The standard InChI is InChI=1S/C10H16FN3O3S/c1-17-7-8(12)4-6-14-18(15,16)10-9(11)3-2-5-13-10/h2-3,5,8,14H,4,6-7,12H2,1H3. The lowest BCUT2D eigenvalue weighted by Gasteiger charge is -2.11. The molecular formula is C10H16FN3O3S. The van der Waals surface area contributed by atoms with Crippen LogP contribution in [-0.2, 0) is 14.8 Å². The van der Waals surface area contributed by atoms with Crippen LogP contribution < -0.4 is 10.5 Å². The van der Waals surface area contributed by atoms with Crippen molar-refractivity contribution in [3.63, 3.8) is 0 Å². The summed E-state index contributed by atoms with van der Waals surface area (Å²) in [5, 5.41) is -0.606. The Morgan fingerprint density at radius 1 is 1.61 bits per heavy atom. The highest BCUT2D eigenvalue weighted by Crippen LogP contribution is 2.09. The largest absolute Gasteiger partial charge is 0.383 e. The molecule has 1 aromatic heterocycles. The molecule has 0 aromatic carbocycles. The number of rotatable bonds is 7. The third-order valence-corrected chi connectivity index (χ3v) is 3.56. The maximum atomic E-state index is 13.3. The number of nitrogens with zero attached hydrogens (tertiary/aromatic N) is 1. The summed E-state index contributed by atoms with van der Waals surface area (Å²) in [5.41, 5.74) is 5.63. The fourth-order valence-corrected chi connectivity index (χ4v) is 2.36. The van der Waals surface area contributed by atoms with Gasteiger partial charge in [-0.2, -0.15) is 0 Å². The number of hydrogen-bond acceptors (Lipinski definition) is 5. The average Bonchev–Trinajstić information content (AvgIpc) is 2.29. The Morgan fingerprint density at radius 2 is 2.33 bits per heavy atom. The number of nitrogens with one attached hydrogen (secondary N) is 1. The highest BCUT2D eigenvalue weighted by Gasteiger charge is 2.19. The first-order valence-electron chi connectivity index (χ1n) is 5.32. The lowest BCUT2D eigenvalue weighted by molar-refractivity contribution is 0.177. The molecule has 0 spiro atoms. The van der Waals surface area contributed by atoms with Crippen molar-refractivity contribution in [1.82, 2.24) is 9.71 Å². The molecule has 0 aliphatic rings. The van der Waals surface area contributed by atoms with Gasteiger partial charge in [-0.05, 0) is 18.6 Å². The Bertz CT molecular complexity index is 481. The summed E-state index contributed by atoms with van der Waals surface area (Å²) in [5.74, 6) is -0.883. The van der Waals surface area contributed by atoms with Crippen LogP contribution in [0.1, 0.15) is 6.42 Å². The molecular weight excluding hydrogens is 261 g/mol. The molecule has 0 saturated carbocycles. The summed E-state index contributed by atoms with van der Waals surface area (Å²) in [6.07, 6.45) is 1.61. The van der Waals surface area contributed by atoms with Crippen LogP contribution in [0.25, 0.3) is 0 Å². The van der Waals surface area contributed by atoms with Gasteiger partial charge < -0.3 is 10.5 Å². The van der Waals surface area contributed by atoms with Gasteiger partial charge in [-0.3, -0.25) is 0 Å². The van der Waals surface area contributed by atoms with Gasteiger partial charge in [0, 0.05) is 25.9 Å². The average molecular weight is 277 g/mol. The number of aromatic nitrogens is 1. The Hall–Kier alpha value is -1.09. The molecule has 1 rings (SSSR count). The van der Waals surface area contributed by atoms with Gasteiger partial charge in [-0.15, -0.1) is 0 Å². The van der Waals surface area contributed by atoms with E-state index in [4.69, 9.17) is 10.5 Å². The van der Waals surface area contributed by atoms with Crippen LogP contribution in [0.3, 0.4) is 0 Å². The summed E-state index contributed by atoms with van der Waals surface area (Å²) >= 11 is 0. The summed E-state index contributed by atoms with van der Waals surface area (Å²) in [6.45, 7) is 0.433. The van der Waals surface area contributed by atoms with Crippen molar-refractivity contribution in [2.45, 2.75) is 17.5 Å². The Balaban J connectivity index is 2.59. The predicted octanol–water partition coefficient (Wildman–Crippen LogP) is -0.137. The SMILES string of the molecule is COCC(N)CCNS(=O)(=O)c1ncccc1F. The lowest BCUT2D eigenvalue weighted by Crippen LogP contribution is -2.33. The van der Waals surface area contributed by atoms with Gasteiger partial charge in [0.1, 0.15) is 0 Å². The van der Waals surface area contributed by atoms with Crippen LogP contribution in [0.5, 0.6) is 0 Å². The number of pyridine rings is 1. The summed E-state index contributed by atoms with van der Waals surface area (Å²) in [7, 11) is -2.43. The smallest absolute Gasteiger partial charge is 0.261 e. The van der Waals surface area contributed by atoms with E-state index in [2.05, 4.69) is 9.71 Å². The Labute approximate surface area is 105 Å². The van der Waals surface area contributed by atoms with Crippen LogP contribution in [0, 0.1) is 5.82 Å². The zero-order valence-corrected chi connectivity index (χ0v) is 10.8. The van der Waals surface area contributed by atoms with E-state index in [0.29, 0.717) is 13.0 Å². The van der Waals surface area contributed by atoms with E-state index in [9.17, 15) is 12.8 Å². The Morgan fingerprint density at radius 3 is 2.94 bits per heavy atom. The van der Waals surface area contributed by atoms with Crippen molar-refractivity contribution in [2.75, 3.05) is 20.3 Å². The van der Waals surface area contributed by atoms with E-state index in [-0.39, 0.29) is 12.6 Å². The number of nitrogens with two attached hydrogens (primary N) is 1. The van der Waals surface area contributed by atoms with E-state index in [1.165, 1.54) is 19.4 Å². The molecule has 6 nitrogen and oxygen atoms in total. The number of methoxy groups -OCH3 is 1. The quantitative estimate of drug-likeness (QED) is 0.723. The third kappa shape index (κ3) is 4.30. The van der Waals surface area contributed by atoms with Gasteiger partial charge in [0.15, 0.2) is 5.82 Å². The minimum absolute atomic E-state index is 0.100. The van der Waals surface area contributed by atoms with Gasteiger partial charge in [0.05, 0.1) is 6.61 Å². The number of halogens is 1. The molecule has 0 bridgehead atoms. The van der Waals surface area contributed by atoms with Crippen molar-refractivity contribution in [2.24, 2.45) is 5.73 Å². The van der Waals surface area contributed by atoms with Crippen LogP contribution >= 0.6 is 0 Å². The van der Waals surface area contributed by atoms with Gasteiger partial charge in [-0.25, -0.2) is 22.5 Å². The first-order chi connectivity index (χ1) is 8.47. The molecule has 0 saturated heterocycles. The molecule has 1 heterocycles. The molecule has 0 aliphatic carbocycles. The van der Waals surface area contributed by atoms with Gasteiger partial charge in [0.2, 0.25) is 5.03 Å². The lowest BCUT2D eigenvalue weighted by atomic mass is 10.2. The first kappa shape index (κ1) is 15.0. The van der Waals surface area contributed by atoms with E-state index in [0.717, 1.165) is 6.07 Å². The van der Waals surface area contributed by atoms with Crippen molar-refractivity contribution < 1.29 is 17.5 Å². The van der Waals surface area contributed by atoms with Crippen LogP contribution in [0.2, 0.25) is 0 Å². The molecule has 102 valence electrons. The van der Waals surface area contributed by atoms with Crippen molar-refractivity contribution in [1.29, 1.82) is 0 Å². The van der Waals surface area contributed by atoms with Crippen molar-refractivity contribution in [3.05, 3.63) is 24.1 Å². The third-order valence-electron chi connectivity index (χ3n) is 2.17. The van der Waals surface area contributed by atoms with E-state index in [1.807, 2.05) is 0 Å². The van der Waals surface area contributed by atoms with E-state index in [1.54, 1.807) is 0 Å². The van der Waals surface area contributed by atoms with Gasteiger partial charge >= 0.3 is 0 Å². The summed E-state index contributed by atoms with van der Waals surface area (Å²) in [4.78, 5) is 3.50.